The molecule has 1 aromatic heterocycles. The van der Waals surface area contributed by atoms with Crippen LogP contribution in [-0.2, 0) is 4.79 Å². The van der Waals surface area contributed by atoms with Crippen molar-refractivity contribution in [3.63, 3.8) is 0 Å². The van der Waals surface area contributed by atoms with E-state index in [0.29, 0.717) is 11.8 Å². The molecule has 6 heteroatoms. The normalized spacial score (nSPS) is 19.6. The maximum absolute atomic E-state index is 12.4. The van der Waals surface area contributed by atoms with E-state index in [4.69, 9.17) is 4.74 Å². The second-order valence-corrected chi connectivity index (χ2v) is 6.34. The van der Waals surface area contributed by atoms with Gasteiger partial charge < -0.3 is 15.4 Å². The van der Waals surface area contributed by atoms with Gasteiger partial charge in [-0.1, -0.05) is 0 Å². The molecule has 1 aromatic carbocycles. The minimum absolute atomic E-state index is 0. The Hall–Kier alpha value is -2.11. The number of aryl methyl sites for hydroxylation is 1. The largest absolute Gasteiger partial charge is 0.455 e. The van der Waals surface area contributed by atoms with Gasteiger partial charge >= 0.3 is 0 Å². The van der Waals surface area contributed by atoms with Crippen LogP contribution in [0.15, 0.2) is 42.7 Å². The highest BCUT2D eigenvalue weighted by Gasteiger charge is 2.24. The zero-order chi connectivity index (χ0) is 16.9. The van der Waals surface area contributed by atoms with Crippen LogP contribution >= 0.6 is 12.4 Å². The lowest BCUT2D eigenvalue weighted by Gasteiger charge is -2.27. The molecule has 2 aromatic rings. The molecule has 25 heavy (non-hydrogen) atoms. The van der Waals surface area contributed by atoms with Gasteiger partial charge in [0.2, 0.25) is 5.91 Å². The molecule has 2 N–H and O–H groups in total. The predicted octanol–water partition coefficient (Wildman–Crippen LogP) is 3.93. The maximum atomic E-state index is 12.4. The van der Waals surface area contributed by atoms with Crippen molar-refractivity contribution in [1.29, 1.82) is 0 Å². The number of nitrogens with zero attached hydrogens (tertiary/aromatic N) is 1. The number of rotatable bonds is 4. The highest BCUT2D eigenvalue weighted by molar-refractivity contribution is 5.92. The van der Waals surface area contributed by atoms with Crippen molar-refractivity contribution >= 4 is 24.0 Å². The average molecular weight is 362 g/mol. The fourth-order valence-electron chi connectivity index (χ4n) is 2.99. The second-order valence-electron chi connectivity index (χ2n) is 6.34. The van der Waals surface area contributed by atoms with Crippen LogP contribution in [0, 0.1) is 12.8 Å². The summed E-state index contributed by atoms with van der Waals surface area (Å²) in [4.78, 5) is 16.5. The zero-order valence-corrected chi connectivity index (χ0v) is 15.3. The van der Waals surface area contributed by atoms with Crippen molar-refractivity contribution in [3.05, 3.63) is 48.3 Å². The van der Waals surface area contributed by atoms with Crippen LogP contribution in [0.5, 0.6) is 11.5 Å². The Morgan fingerprint density at radius 1 is 1.36 bits per heavy atom. The molecule has 0 spiro atoms. The molecule has 0 unspecified atom stereocenters. The molecule has 2 atom stereocenters. The summed E-state index contributed by atoms with van der Waals surface area (Å²) in [6.45, 7) is 4.98. The average Bonchev–Trinajstić information content (AvgIpc) is 2.58. The summed E-state index contributed by atoms with van der Waals surface area (Å²) in [5, 5.41) is 6.40. The van der Waals surface area contributed by atoms with E-state index in [1.807, 2.05) is 37.3 Å². The summed E-state index contributed by atoms with van der Waals surface area (Å²) < 4.78 is 5.82. The van der Waals surface area contributed by atoms with E-state index in [1.165, 1.54) is 0 Å². The van der Waals surface area contributed by atoms with Crippen molar-refractivity contribution < 1.29 is 9.53 Å². The Labute approximate surface area is 154 Å². The molecule has 1 fully saturated rings. The number of ether oxygens (including phenoxy) is 1. The number of aromatic nitrogens is 1. The number of carbonyl (C=O) groups is 1. The van der Waals surface area contributed by atoms with Gasteiger partial charge in [0.1, 0.15) is 11.5 Å². The maximum Gasteiger partial charge on any atom is 0.227 e. The quantitative estimate of drug-likeness (QED) is 0.866. The molecule has 0 aliphatic carbocycles. The summed E-state index contributed by atoms with van der Waals surface area (Å²) in [6.07, 6.45) is 5.15. The van der Waals surface area contributed by atoms with Crippen molar-refractivity contribution in [2.75, 3.05) is 11.9 Å². The minimum Gasteiger partial charge on any atom is -0.455 e. The number of pyridine rings is 1. The van der Waals surface area contributed by atoms with Gasteiger partial charge in [-0.2, -0.15) is 0 Å². The van der Waals surface area contributed by atoms with Gasteiger partial charge in [-0.15, -0.1) is 12.4 Å². The van der Waals surface area contributed by atoms with Gasteiger partial charge in [0.25, 0.3) is 0 Å². The third-order valence-corrected chi connectivity index (χ3v) is 4.30. The molecular formula is C19H24ClN3O2. The first-order chi connectivity index (χ1) is 11.6. The number of halogens is 1. The first kappa shape index (κ1) is 19.2. The predicted molar refractivity (Wildman–Crippen MR) is 102 cm³/mol. The van der Waals surface area contributed by atoms with E-state index < -0.39 is 0 Å². The summed E-state index contributed by atoms with van der Waals surface area (Å²) in [6, 6.07) is 9.78. The summed E-state index contributed by atoms with van der Waals surface area (Å²) in [7, 11) is 0. The van der Waals surface area contributed by atoms with Crippen LogP contribution in [0.25, 0.3) is 0 Å². The SMILES string of the molecule is Cc1cc(NC(=O)[C@H]2CCN[C@@H](C)C2)ccc1Oc1cccnc1.Cl. The number of hydrogen-bond donors (Lipinski definition) is 2. The van der Waals surface area contributed by atoms with Crippen molar-refractivity contribution in [2.45, 2.75) is 32.7 Å². The zero-order valence-electron chi connectivity index (χ0n) is 14.5. The molecule has 5 nitrogen and oxygen atoms in total. The summed E-state index contributed by atoms with van der Waals surface area (Å²) >= 11 is 0. The molecule has 134 valence electrons. The molecule has 0 bridgehead atoms. The Morgan fingerprint density at radius 2 is 2.20 bits per heavy atom. The monoisotopic (exact) mass is 361 g/mol. The van der Waals surface area contributed by atoms with Crippen LogP contribution in [0.1, 0.15) is 25.3 Å². The second kappa shape index (κ2) is 8.83. The third-order valence-electron chi connectivity index (χ3n) is 4.30. The number of hydrogen-bond acceptors (Lipinski definition) is 4. The Kier molecular flexibility index (Phi) is 6.79. The van der Waals surface area contributed by atoms with Crippen LogP contribution in [0.4, 0.5) is 5.69 Å². The van der Waals surface area contributed by atoms with Gasteiger partial charge in [-0.3, -0.25) is 9.78 Å². The smallest absolute Gasteiger partial charge is 0.227 e. The summed E-state index contributed by atoms with van der Waals surface area (Å²) in [5.41, 5.74) is 1.78. The fraction of sp³-hybridized carbons (Fsp3) is 0.368. The van der Waals surface area contributed by atoms with Gasteiger partial charge in [-0.05, 0) is 69.1 Å². The first-order valence-corrected chi connectivity index (χ1v) is 8.34. The Morgan fingerprint density at radius 3 is 2.88 bits per heavy atom. The fourth-order valence-corrected chi connectivity index (χ4v) is 2.99. The molecule has 1 amide bonds. The lowest BCUT2D eigenvalue weighted by molar-refractivity contribution is -0.120. The highest BCUT2D eigenvalue weighted by Crippen LogP contribution is 2.27. The van der Waals surface area contributed by atoms with E-state index in [0.717, 1.165) is 36.4 Å². The lowest BCUT2D eigenvalue weighted by Crippen LogP contribution is -2.40. The Balaban J connectivity index is 0.00000225. The molecule has 1 aliphatic rings. The first-order valence-electron chi connectivity index (χ1n) is 8.34. The molecule has 0 radical (unpaired) electrons. The molecule has 1 aliphatic heterocycles. The molecule has 2 heterocycles. The number of anilines is 1. The Bertz CT molecular complexity index is 709. The van der Waals surface area contributed by atoms with Crippen LogP contribution in [-0.4, -0.2) is 23.5 Å². The van der Waals surface area contributed by atoms with Gasteiger partial charge in [-0.25, -0.2) is 0 Å². The van der Waals surface area contributed by atoms with Crippen molar-refractivity contribution in [3.8, 4) is 11.5 Å². The van der Waals surface area contributed by atoms with E-state index in [9.17, 15) is 4.79 Å². The molecule has 0 saturated carbocycles. The number of amides is 1. The van der Waals surface area contributed by atoms with E-state index >= 15 is 0 Å². The van der Waals surface area contributed by atoms with Gasteiger partial charge in [0, 0.05) is 23.8 Å². The number of nitrogens with one attached hydrogen (secondary N) is 2. The van der Waals surface area contributed by atoms with Gasteiger partial charge in [0.15, 0.2) is 0 Å². The number of piperidine rings is 1. The van der Waals surface area contributed by atoms with E-state index in [1.54, 1.807) is 12.4 Å². The van der Waals surface area contributed by atoms with Crippen LogP contribution in [0.2, 0.25) is 0 Å². The van der Waals surface area contributed by atoms with E-state index in [-0.39, 0.29) is 24.2 Å². The summed E-state index contributed by atoms with van der Waals surface area (Å²) in [5.74, 6) is 1.63. The number of carbonyl (C=O) groups excluding carboxylic acids is 1. The van der Waals surface area contributed by atoms with E-state index in [2.05, 4.69) is 22.5 Å². The van der Waals surface area contributed by atoms with Crippen molar-refractivity contribution in [1.82, 2.24) is 10.3 Å². The van der Waals surface area contributed by atoms with Crippen molar-refractivity contribution in [2.24, 2.45) is 5.92 Å². The highest BCUT2D eigenvalue weighted by atomic mass is 35.5. The third kappa shape index (κ3) is 5.18. The standard InChI is InChI=1S/C19H23N3O2.ClH/c1-13-10-16(22-19(23)15-7-9-21-14(2)11-15)5-6-18(13)24-17-4-3-8-20-12-17;/h3-6,8,10,12,14-15,21H,7,9,11H2,1-2H3,(H,22,23);1H/t14-,15-;/m0./s1. The molecular weight excluding hydrogens is 338 g/mol. The van der Waals surface area contributed by atoms with Gasteiger partial charge in [0.05, 0.1) is 6.20 Å². The number of benzene rings is 1. The lowest BCUT2D eigenvalue weighted by atomic mass is 9.92. The minimum atomic E-state index is 0. The topological polar surface area (TPSA) is 63.2 Å². The van der Waals surface area contributed by atoms with Crippen LogP contribution < -0.4 is 15.4 Å². The molecule has 1 saturated heterocycles. The molecule has 3 rings (SSSR count). The van der Waals surface area contributed by atoms with Crippen LogP contribution in [0.3, 0.4) is 0 Å².